The minimum Gasteiger partial charge on any atom is -0.466 e. The van der Waals surface area contributed by atoms with Gasteiger partial charge in [-0.1, -0.05) is 0 Å². The van der Waals surface area contributed by atoms with Crippen molar-refractivity contribution in [1.29, 1.82) is 0 Å². The lowest BCUT2D eigenvalue weighted by Crippen LogP contribution is -2.10. The van der Waals surface area contributed by atoms with E-state index < -0.39 is 12.4 Å². The lowest BCUT2D eigenvalue weighted by Gasteiger charge is -2.09. The molecule has 0 saturated heterocycles. The quantitative estimate of drug-likeness (QED) is 0.633. The van der Waals surface area contributed by atoms with Gasteiger partial charge in [-0.3, -0.25) is 4.79 Å². The number of aromatic nitrogens is 1. The first-order chi connectivity index (χ1) is 7.95. The number of ether oxygens (including phenoxy) is 1. The van der Waals surface area contributed by atoms with E-state index in [1.807, 2.05) is 0 Å². The molecule has 0 amide bonds. The largest absolute Gasteiger partial charge is 0.466 e. The van der Waals surface area contributed by atoms with E-state index in [0.717, 1.165) is 0 Å². The van der Waals surface area contributed by atoms with E-state index in [1.165, 1.54) is 6.07 Å². The molecule has 1 aromatic heterocycles. The maximum Gasteiger partial charge on any atom is 0.311 e. The highest BCUT2D eigenvalue weighted by molar-refractivity contribution is 9.10. The first-order valence-corrected chi connectivity index (χ1v) is 5.84. The summed E-state index contributed by atoms with van der Waals surface area (Å²) in [7, 11) is 0. The van der Waals surface area contributed by atoms with Crippen LogP contribution in [0.25, 0.3) is 0 Å². The lowest BCUT2D eigenvalue weighted by molar-refractivity contribution is -0.142. The fraction of sp³-hybridized carbons (Fsp3) is 0.455. The van der Waals surface area contributed by atoms with Crippen LogP contribution in [0.2, 0.25) is 0 Å². The summed E-state index contributed by atoms with van der Waals surface area (Å²) >= 11 is 3.10. The van der Waals surface area contributed by atoms with E-state index in [4.69, 9.17) is 4.74 Å². The van der Waals surface area contributed by atoms with Gasteiger partial charge in [0.25, 0.3) is 6.43 Å². The predicted molar refractivity (Wildman–Crippen MR) is 62.0 cm³/mol. The third kappa shape index (κ3) is 3.73. The Hall–Kier alpha value is -1.04. The Labute approximate surface area is 106 Å². The van der Waals surface area contributed by atoms with E-state index in [0.29, 0.717) is 10.2 Å². The molecular formula is C11H12BrF2NO2. The minimum atomic E-state index is -2.59. The number of esters is 1. The summed E-state index contributed by atoms with van der Waals surface area (Å²) < 4.78 is 30.5. The summed E-state index contributed by atoms with van der Waals surface area (Å²) in [6, 6.07) is 1.24. The summed E-state index contributed by atoms with van der Waals surface area (Å²) in [6.07, 6.45) is -2.69. The van der Waals surface area contributed by atoms with Crippen molar-refractivity contribution in [2.75, 3.05) is 6.61 Å². The van der Waals surface area contributed by atoms with Gasteiger partial charge in [0, 0.05) is 5.56 Å². The van der Waals surface area contributed by atoms with Gasteiger partial charge in [-0.25, -0.2) is 13.8 Å². The maximum atomic E-state index is 12.7. The van der Waals surface area contributed by atoms with Gasteiger partial charge in [0.2, 0.25) is 0 Å². The maximum absolute atomic E-state index is 12.7. The van der Waals surface area contributed by atoms with Gasteiger partial charge in [-0.05, 0) is 41.4 Å². The second-order valence-electron chi connectivity index (χ2n) is 3.40. The van der Waals surface area contributed by atoms with Crippen LogP contribution in [0.3, 0.4) is 0 Å². The van der Waals surface area contributed by atoms with E-state index in [9.17, 15) is 13.6 Å². The molecule has 0 atom stereocenters. The Morgan fingerprint density at radius 3 is 2.76 bits per heavy atom. The Kier molecular flexibility index (Phi) is 4.99. The monoisotopic (exact) mass is 307 g/mol. The molecule has 0 aliphatic rings. The van der Waals surface area contributed by atoms with Crippen LogP contribution in [-0.4, -0.2) is 17.6 Å². The number of carbonyl (C=O) groups excluding carboxylic acids is 1. The zero-order chi connectivity index (χ0) is 13.0. The van der Waals surface area contributed by atoms with Crippen LogP contribution in [0.4, 0.5) is 8.78 Å². The van der Waals surface area contributed by atoms with Crippen molar-refractivity contribution in [3.8, 4) is 0 Å². The van der Waals surface area contributed by atoms with Gasteiger partial charge in [-0.15, -0.1) is 0 Å². The van der Waals surface area contributed by atoms with Crippen LogP contribution in [0.15, 0.2) is 10.7 Å². The second kappa shape index (κ2) is 6.05. The Morgan fingerprint density at radius 2 is 2.24 bits per heavy atom. The molecule has 1 aromatic rings. The van der Waals surface area contributed by atoms with Crippen molar-refractivity contribution >= 4 is 21.9 Å². The van der Waals surface area contributed by atoms with Crippen LogP contribution in [-0.2, 0) is 16.0 Å². The second-order valence-corrected chi connectivity index (χ2v) is 4.15. The average molecular weight is 308 g/mol. The first-order valence-electron chi connectivity index (χ1n) is 5.05. The summed E-state index contributed by atoms with van der Waals surface area (Å²) in [5.41, 5.74) is 0.537. The Morgan fingerprint density at radius 1 is 1.59 bits per heavy atom. The van der Waals surface area contributed by atoms with Crippen molar-refractivity contribution in [1.82, 2.24) is 4.98 Å². The fourth-order valence-electron chi connectivity index (χ4n) is 1.33. The molecule has 6 heteroatoms. The predicted octanol–water partition coefficient (Wildman–Crippen LogP) is 3.20. The van der Waals surface area contributed by atoms with E-state index in [2.05, 4.69) is 20.9 Å². The Bertz CT molecular complexity index is 424. The number of hydrogen-bond acceptors (Lipinski definition) is 3. The molecule has 3 nitrogen and oxygen atoms in total. The number of rotatable bonds is 4. The molecule has 1 heterocycles. The number of nitrogens with zero attached hydrogens (tertiary/aromatic N) is 1. The highest BCUT2D eigenvalue weighted by atomic mass is 79.9. The third-order valence-electron chi connectivity index (χ3n) is 2.17. The SMILES string of the molecule is CCOC(=O)Cc1cc(C(F)F)c(C)c(Br)n1. The molecule has 0 spiro atoms. The van der Waals surface area contributed by atoms with Gasteiger partial charge >= 0.3 is 5.97 Å². The molecule has 0 N–H and O–H groups in total. The number of pyridine rings is 1. The smallest absolute Gasteiger partial charge is 0.311 e. The molecule has 0 aliphatic heterocycles. The zero-order valence-corrected chi connectivity index (χ0v) is 11.1. The number of alkyl halides is 2. The van der Waals surface area contributed by atoms with E-state index in [1.54, 1.807) is 13.8 Å². The molecule has 0 bridgehead atoms. The van der Waals surface area contributed by atoms with Gasteiger partial charge in [0.05, 0.1) is 18.7 Å². The average Bonchev–Trinajstić information content (AvgIpc) is 2.23. The fourth-order valence-corrected chi connectivity index (χ4v) is 1.78. The topological polar surface area (TPSA) is 39.2 Å². The van der Waals surface area contributed by atoms with Crippen molar-refractivity contribution in [2.45, 2.75) is 26.7 Å². The van der Waals surface area contributed by atoms with Gasteiger partial charge in [0.1, 0.15) is 4.60 Å². The standard InChI is InChI=1S/C11H12BrF2NO2/c1-3-17-9(16)5-7-4-8(11(13)14)6(2)10(12)15-7/h4,11H,3,5H2,1-2H3. The van der Waals surface area contributed by atoms with E-state index in [-0.39, 0.29) is 24.3 Å². The van der Waals surface area contributed by atoms with Gasteiger partial charge < -0.3 is 4.74 Å². The number of hydrogen-bond donors (Lipinski definition) is 0. The summed E-state index contributed by atoms with van der Waals surface area (Å²) in [5, 5.41) is 0. The molecule has 0 aliphatic carbocycles. The molecule has 0 unspecified atom stereocenters. The van der Waals surface area contributed by atoms with Gasteiger partial charge in [-0.2, -0.15) is 0 Å². The summed E-state index contributed by atoms with van der Waals surface area (Å²) in [6.45, 7) is 3.49. The lowest BCUT2D eigenvalue weighted by atomic mass is 10.1. The molecular weight excluding hydrogens is 296 g/mol. The molecule has 17 heavy (non-hydrogen) atoms. The normalized spacial score (nSPS) is 10.7. The zero-order valence-electron chi connectivity index (χ0n) is 9.47. The molecule has 94 valence electrons. The molecule has 0 radical (unpaired) electrons. The van der Waals surface area contributed by atoms with Crippen LogP contribution >= 0.6 is 15.9 Å². The Balaban J connectivity index is 2.98. The summed E-state index contributed by atoms with van der Waals surface area (Å²) in [4.78, 5) is 15.2. The summed E-state index contributed by atoms with van der Waals surface area (Å²) in [5.74, 6) is -0.476. The molecule has 0 aromatic carbocycles. The van der Waals surface area contributed by atoms with Crippen molar-refractivity contribution in [2.24, 2.45) is 0 Å². The van der Waals surface area contributed by atoms with E-state index >= 15 is 0 Å². The van der Waals surface area contributed by atoms with Crippen LogP contribution < -0.4 is 0 Å². The number of halogens is 3. The highest BCUT2D eigenvalue weighted by Crippen LogP contribution is 2.27. The van der Waals surface area contributed by atoms with Gasteiger partial charge in [0.15, 0.2) is 0 Å². The van der Waals surface area contributed by atoms with Crippen molar-refractivity contribution in [3.05, 3.63) is 27.5 Å². The molecule has 0 fully saturated rings. The van der Waals surface area contributed by atoms with Crippen LogP contribution in [0.5, 0.6) is 0 Å². The third-order valence-corrected chi connectivity index (χ3v) is 2.94. The minimum absolute atomic E-state index is 0.105. The molecule has 0 saturated carbocycles. The highest BCUT2D eigenvalue weighted by Gasteiger charge is 2.16. The van der Waals surface area contributed by atoms with Crippen LogP contribution in [0.1, 0.15) is 30.2 Å². The van der Waals surface area contributed by atoms with Crippen molar-refractivity contribution in [3.63, 3.8) is 0 Å². The van der Waals surface area contributed by atoms with Crippen molar-refractivity contribution < 1.29 is 18.3 Å². The number of carbonyl (C=O) groups is 1. The first kappa shape index (κ1) is 14.0. The van der Waals surface area contributed by atoms with Crippen LogP contribution in [0, 0.1) is 6.92 Å². The molecule has 1 rings (SSSR count).